The van der Waals surface area contributed by atoms with Gasteiger partial charge in [-0.2, -0.15) is 13.2 Å². The number of hydrogen-bond acceptors (Lipinski definition) is 4. The summed E-state index contributed by atoms with van der Waals surface area (Å²) in [5, 5.41) is 9.41. The van der Waals surface area contributed by atoms with Crippen molar-refractivity contribution in [3.05, 3.63) is 46.2 Å². The Morgan fingerprint density at radius 2 is 1.96 bits per heavy atom. The summed E-state index contributed by atoms with van der Waals surface area (Å²) in [6.07, 6.45) is -4.63. The van der Waals surface area contributed by atoms with Crippen LogP contribution in [0.3, 0.4) is 0 Å². The monoisotopic (exact) mass is 385 g/mol. The highest BCUT2D eigenvalue weighted by atomic mass is 32.1. The van der Waals surface area contributed by atoms with Crippen LogP contribution in [0.25, 0.3) is 0 Å². The number of anilines is 2. The lowest BCUT2D eigenvalue weighted by atomic mass is 10.1. The summed E-state index contributed by atoms with van der Waals surface area (Å²) in [7, 11) is 0. The number of amides is 2. The van der Waals surface area contributed by atoms with Crippen LogP contribution in [0.5, 0.6) is 0 Å². The fourth-order valence-electron chi connectivity index (χ4n) is 2.29. The van der Waals surface area contributed by atoms with Gasteiger partial charge < -0.3 is 16.0 Å². The van der Waals surface area contributed by atoms with Gasteiger partial charge in [-0.3, -0.25) is 9.59 Å². The normalized spacial score (nSPS) is 12.3. The van der Waals surface area contributed by atoms with Gasteiger partial charge in [0.25, 0.3) is 0 Å². The predicted molar refractivity (Wildman–Crippen MR) is 95.1 cm³/mol. The molecule has 140 valence electrons. The predicted octanol–water partition coefficient (Wildman–Crippen LogP) is 4.01. The van der Waals surface area contributed by atoms with Crippen molar-refractivity contribution >= 4 is 34.5 Å². The Hall–Kier alpha value is -2.55. The molecule has 2 aromatic rings. The number of hydrogen-bond donors (Lipinski definition) is 3. The Labute approximate surface area is 152 Å². The number of carbonyl (C=O) groups excluding carboxylic acids is 2. The molecule has 3 N–H and O–H groups in total. The largest absolute Gasteiger partial charge is 0.418 e. The van der Waals surface area contributed by atoms with Crippen LogP contribution < -0.4 is 16.0 Å². The first-order chi connectivity index (χ1) is 12.2. The van der Waals surface area contributed by atoms with Crippen molar-refractivity contribution in [2.75, 3.05) is 17.2 Å². The number of thiophene rings is 1. The van der Waals surface area contributed by atoms with Gasteiger partial charge in [0.2, 0.25) is 11.8 Å². The second-order valence-electron chi connectivity index (χ2n) is 5.60. The highest BCUT2D eigenvalue weighted by Crippen LogP contribution is 2.36. The van der Waals surface area contributed by atoms with Crippen LogP contribution >= 0.6 is 11.3 Å². The molecule has 0 spiro atoms. The Balaban J connectivity index is 2.05. The zero-order valence-corrected chi connectivity index (χ0v) is 14.9. The molecule has 0 saturated carbocycles. The van der Waals surface area contributed by atoms with Gasteiger partial charge >= 0.3 is 6.18 Å². The molecule has 0 fully saturated rings. The molecule has 0 radical (unpaired) electrons. The average Bonchev–Trinajstić information content (AvgIpc) is 3.06. The van der Waals surface area contributed by atoms with Gasteiger partial charge in [-0.25, -0.2) is 0 Å². The van der Waals surface area contributed by atoms with E-state index < -0.39 is 23.6 Å². The molecule has 0 aliphatic rings. The van der Waals surface area contributed by atoms with Crippen molar-refractivity contribution in [2.24, 2.45) is 0 Å². The first kappa shape index (κ1) is 19.8. The summed E-state index contributed by atoms with van der Waals surface area (Å²) in [4.78, 5) is 24.0. The molecule has 1 unspecified atom stereocenters. The first-order valence-corrected chi connectivity index (χ1v) is 8.60. The topological polar surface area (TPSA) is 70.2 Å². The van der Waals surface area contributed by atoms with E-state index in [0.29, 0.717) is 0 Å². The van der Waals surface area contributed by atoms with Crippen molar-refractivity contribution < 1.29 is 22.8 Å². The highest BCUT2D eigenvalue weighted by molar-refractivity contribution is 7.10. The van der Waals surface area contributed by atoms with Gasteiger partial charge in [0.15, 0.2) is 0 Å². The third-order valence-electron chi connectivity index (χ3n) is 3.43. The van der Waals surface area contributed by atoms with E-state index in [4.69, 9.17) is 0 Å². The Morgan fingerprint density at radius 3 is 2.54 bits per heavy atom. The molecule has 0 saturated heterocycles. The lowest BCUT2D eigenvalue weighted by Gasteiger charge is -2.17. The molecule has 5 nitrogen and oxygen atoms in total. The van der Waals surface area contributed by atoms with E-state index in [2.05, 4.69) is 16.0 Å². The fraction of sp³-hybridized carbons (Fsp3) is 0.294. The molecule has 1 heterocycles. The minimum Gasteiger partial charge on any atom is -0.376 e. The molecule has 9 heteroatoms. The molecule has 1 aromatic heterocycles. The summed E-state index contributed by atoms with van der Waals surface area (Å²) >= 11 is 1.48. The minimum absolute atomic E-state index is 0.0335. The lowest BCUT2D eigenvalue weighted by Crippen LogP contribution is -2.32. The number of benzene rings is 1. The molecular weight excluding hydrogens is 367 g/mol. The Morgan fingerprint density at radius 1 is 1.23 bits per heavy atom. The SMILES string of the molecule is CC(=O)Nc1ccc(NCC(=O)NC(C)c2cccs2)c(C(F)(F)F)c1. The molecule has 0 aliphatic carbocycles. The summed E-state index contributed by atoms with van der Waals surface area (Å²) in [5.41, 5.74) is -1.15. The van der Waals surface area contributed by atoms with Gasteiger partial charge in [-0.15, -0.1) is 11.3 Å². The van der Waals surface area contributed by atoms with Crippen LogP contribution in [0.15, 0.2) is 35.7 Å². The van der Waals surface area contributed by atoms with Gasteiger partial charge in [0, 0.05) is 23.2 Å². The van der Waals surface area contributed by atoms with Crippen LogP contribution in [0, 0.1) is 0 Å². The fourth-order valence-corrected chi connectivity index (χ4v) is 3.03. The van der Waals surface area contributed by atoms with Crippen LogP contribution in [0.1, 0.15) is 30.3 Å². The maximum absolute atomic E-state index is 13.2. The number of alkyl halides is 3. The number of rotatable bonds is 6. The first-order valence-electron chi connectivity index (χ1n) is 7.72. The van der Waals surface area contributed by atoms with Crippen molar-refractivity contribution in [3.63, 3.8) is 0 Å². The standard InChI is InChI=1S/C17H18F3N3O2S/c1-10(15-4-3-7-26-15)22-16(25)9-21-14-6-5-12(23-11(2)24)8-13(14)17(18,19)20/h3-8,10,21H,9H2,1-2H3,(H,22,25)(H,23,24). The number of carbonyl (C=O) groups is 2. The van der Waals surface area contributed by atoms with E-state index in [-0.39, 0.29) is 24.0 Å². The van der Waals surface area contributed by atoms with Gasteiger partial charge in [0.1, 0.15) is 0 Å². The highest BCUT2D eigenvalue weighted by Gasteiger charge is 2.34. The van der Waals surface area contributed by atoms with Crippen molar-refractivity contribution in [2.45, 2.75) is 26.1 Å². The zero-order valence-electron chi connectivity index (χ0n) is 14.1. The Kier molecular flexibility index (Phi) is 6.25. The van der Waals surface area contributed by atoms with Gasteiger partial charge in [-0.1, -0.05) is 6.07 Å². The Bertz CT molecular complexity index is 776. The number of halogens is 3. The average molecular weight is 385 g/mol. The maximum atomic E-state index is 13.2. The van der Waals surface area contributed by atoms with E-state index in [1.807, 2.05) is 17.5 Å². The third-order valence-corrected chi connectivity index (χ3v) is 4.49. The van der Waals surface area contributed by atoms with Crippen molar-refractivity contribution in [3.8, 4) is 0 Å². The second kappa shape index (κ2) is 8.22. The minimum atomic E-state index is -4.63. The zero-order chi connectivity index (χ0) is 19.3. The molecule has 1 atom stereocenters. The second-order valence-corrected chi connectivity index (χ2v) is 6.58. The molecule has 0 aliphatic heterocycles. The van der Waals surface area contributed by atoms with E-state index >= 15 is 0 Å². The van der Waals surface area contributed by atoms with Crippen LogP contribution in [0.4, 0.5) is 24.5 Å². The van der Waals surface area contributed by atoms with Crippen LogP contribution in [-0.4, -0.2) is 18.4 Å². The van der Waals surface area contributed by atoms with Crippen molar-refractivity contribution in [1.82, 2.24) is 5.32 Å². The van der Waals surface area contributed by atoms with E-state index in [9.17, 15) is 22.8 Å². The van der Waals surface area contributed by atoms with E-state index in [1.165, 1.54) is 30.4 Å². The van der Waals surface area contributed by atoms with Crippen molar-refractivity contribution in [1.29, 1.82) is 0 Å². The molecule has 2 amide bonds. The number of nitrogens with one attached hydrogen (secondary N) is 3. The van der Waals surface area contributed by atoms with Gasteiger partial charge in [0.05, 0.1) is 18.2 Å². The molecular formula is C17H18F3N3O2S. The molecule has 26 heavy (non-hydrogen) atoms. The summed E-state index contributed by atoms with van der Waals surface area (Å²) in [6.45, 7) is 2.70. The van der Waals surface area contributed by atoms with Gasteiger partial charge in [-0.05, 0) is 36.6 Å². The van der Waals surface area contributed by atoms with Crippen LogP contribution in [0.2, 0.25) is 0 Å². The summed E-state index contributed by atoms with van der Waals surface area (Å²) in [6, 6.07) is 6.85. The van der Waals surface area contributed by atoms with E-state index in [1.54, 1.807) is 6.92 Å². The molecule has 1 aromatic carbocycles. The molecule has 2 rings (SSSR count). The summed E-state index contributed by atoms with van der Waals surface area (Å²) in [5.74, 6) is -0.897. The smallest absolute Gasteiger partial charge is 0.376 e. The quantitative estimate of drug-likeness (QED) is 0.704. The lowest BCUT2D eigenvalue weighted by molar-refractivity contribution is -0.137. The third kappa shape index (κ3) is 5.48. The summed E-state index contributed by atoms with van der Waals surface area (Å²) < 4.78 is 39.7. The maximum Gasteiger partial charge on any atom is 0.418 e. The van der Waals surface area contributed by atoms with E-state index in [0.717, 1.165) is 10.9 Å². The van der Waals surface area contributed by atoms with Crippen LogP contribution in [-0.2, 0) is 15.8 Å². The molecule has 0 bridgehead atoms.